The van der Waals surface area contributed by atoms with Crippen LogP contribution in [0.3, 0.4) is 0 Å². The van der Waals surface area contributed by atoms with Crippen molar-refractivity contribution in [1.29, 1.82) is 0 Å². The van der Waals surface area contributed by atoms with Crippen molar-refractivity contribution >= 4 is 22.9 Å². The van der Waals surface area contributed by atoms with Crippen LogP contribution < -0.4 is 0 Å². The van der Waals surface area contributed by atoms with Gasteiger partial charge in [0, 0.05) is 0 Å². The molecule has 0 atom stereocenters. The van der Waals surface area contributed by atoms with Crippen LogP contribution in [0.2, 0.25) is 0 Å². The Balaban J connectivity index is 1.96. The van der Waals surface area contributed by atoms with Crippen molar-refractivity contribution in [1.82, 2.24) is 0 Å². The Labute approximate surface area is 113 Å². The molecule has 0 saturated heterocycles. The van der Waals surface area contributed by atoms with Crippen molar-refractivity contribution in [2.24, 2.45) is 0 Å². The molecule has 0 nitrogen and oxygen atoms in total. The Morgan fingerprint density at radius 1 is 0.579 bits per heavy atom. The lowest BCUT2D eigenvalue weighted by Gasteiger charge is -2.08. The fraction of sp³-hybridized carbons (Fsp3) is 0.0526. The van der Waals surface area contributed by atoms with Crippen molar-refractivity contribution < 1.29 is 0 Å². The van der Waals surface area contributed by atoms with Crippen LogP contribution >= 0.6 is 0 Å². The second-order valence-electron chi connectivity index (χ2n) is 5.11. The number of hydrogen-bond donors (Lipinski definition) is 0. The summed E-state index contributed by atoms with van der Waals surface area (Å²) in [6, 6.07) is 21.9. The smallest absolute Gasteiger partial charge is 0.00137 e. The highest BCUT2D eigenvalue weighted by Gasteiger charge is 2.09. The SMILES string of the molecule is C1=Cc2cc3ccccc3cc2Cc2ccccc21. The van der Waals surface area contributed by atoms with Crippen molar-refractivity contribution in [2.75, 3.05) is 0 Å². The Hall–Kier alpha value is -2.34. The fourth-order valence-corrected chi connectivity index (χ4v) is 2.86. The number of hydrogen-bond acceptors (Lipinski definition) is 0. The number of rotatable bonds is 0. The van der Waals surface area contributed by atoms with E-state index in [0.29, 0.717) is 0 Å². The van der Waals surface area contributed by atoms with Crippen molar-refractivity contribution in [3.05, 3.63) is 82.9 Å². The lowest BCUT2D eigenvalue weighted by atomic mass is 9.96. The topological polar surface area (TPSA) is 0 Å². The second kappa shape index (κ2) is 4.10. The van der Waals surface area contributed by atoms with Gasteiger partial charge >= 0.3 is 0 Å². The van der Waals surface area contributed by atoms with E-state index in [2.05, 4.69) is 72.8 Å². The minimum absolute atomic E-state index is 1.02. The van der Waals surface area contributed by atoms with Crippen molar-refractivity contribution in [3.8, 4) is 0 Å². The molecule has 4 rings (SSSR count). The molecule has 0 N–H and O–H groups in total. The summed E-state index contributed by atoms with van der Waals surface area (Å²) in [5.74, 6) is 0. The maximum absolute atomic E-state index is 2.33. The monoisotopic (exact) mass is 242 g/mol. The minimum atomic E-state index is 1.02. The Bertz CT molecular complexity index is 794. The molecule has 1 aliphatic rings. The zero-order chi connectivity index (χ0) is 12.7. The van der Waals surface area contributed by atoms with E-state index in [9.17, 15) is 0 Å². The van der Waals surface area contributed by atoms with E-state index in [4.69, 9.17) is 0 Å². The standard InChI is InChI=1S/C19H14/c1-2-6-15-12-19-13-17-8-4-3-7-16(17)11-18(19)10-9-14(15)5-1/h1-11,13H,12H2. The highest BCUT2D eigenvalue weighted by molar-refractivity contribution is 5.88. The Kier molecular flexibility index (Phi) is 2.28. The Morgan fingerprint density at radius 3 is 2.16 bits per heavy atom. The summed E-state index contributed by atoms with van der Waals surface area (Å²) in [5.41, 5.74) is 5.50. The van der Waals surface area contributed by atoms with Gasteiger partial charge in [-0.1, -0.05) is 66.7 Å². The average Bonchev–Trinajstić information content (AvgIpc) is 2.63. The zero-order valence-corrected chi connectivity index (χ0v) is 10.6. The van der Waals surface area contributed by atoms with Gasteiger partial charge in [-0.25, -0.2) is 0 Å². The molecule has 3 aromatic carbocycles. The van der Waals surface area contributed by atoms with E-state index in [1.54, 1.807) is 0 Å². The molecule has 90 valence electrons. The first-order valence-corrected chi connectivity index (χ1v) is 6.68. The van der Waals surface area contributed by atoms with Crippen LogP contribution in [-0.2, 0) is 6.42 Å². The van der Waals surface area contributed by atoms with Crippen LogP contribution in [0.4, 0.5) is 0 Å². The van der Waals surface area contributed by atoms with E-state index in [-0.39, 0.29) is 0 Å². The summed E-state index contributed by atoms with van der Waals surface area (Å²) in [6.45, 7) is 0. The third-order valence-electron chi connectivity index (χ3n) is 3.89. The molecule has 0 amide bonds. The largest absolute Gasteiger partial charge is 0.0619 e. The quantitative estimate of drug-likeness (QED) is 0.411. The van der Waals surface area contributed by atoms with Gasteiger partial charge in [-0.2, -0.15) is 0 Å². The highest BCUT2D eigenvalue weighted by Crippen LogP contribution is 2.28. The molecular weight excluding hydrogens is 228 g/mol. The van der Waals surface area contributed by atoms with Crippen LogP contribution in [-0.4, -0.2) is 0 Å². The van der Waals surface area contributed by atoms with Gasteiger partial charge in [0.05, 0.1) is 0 Å². The van der Waals surface area contributed by atoms with E-state index in [1.165, 1.54) is 33.0 Å². The lowest BCUT2D eigenvalue weighted by Crippen LogP contribution is -1.92. The van der Waals surface area contributed by atoms with Gasteiger partial charge in [0.2, 0.25) is 0 Å². The van der Waals surface area contributed by atoms with Gasteiger partial charge in [-0.15, -0.1) is 0 Å². The molecule has 0 heteroatoms. The summed E-state index contributed by atoms with van der Waals surface area (Å²) < 4.78 is 0. The van der Waals surface area contributed by atoms with Crippen LogP contribution in [0.5, 0.6) is 0 Å². The first-order chi connectivity index (χ1) is 9.40. The fourth-order valence-electron chi connectivity index (χ4n) is 2.86. The maximum atomic E-state index is 2.33. The van der Waals surface area contributed by atoms with Crippen molar-refractivity contribution in [2.45, 2.75) is 6.42 Å². The highest BCUT2D eigenvalue weighted by atomic mass is 14.1. The molecule has 3 aromatic rings. The maximum Gasteiger partial charge on any atom is -0.00137 e. The predicted molar refractivity (Wildman–Crippen MR) is 82.1 cm³/mol. The van der Waals surface area contributed by atoms with Gasteiger partial charge in [0.15, 0.2) is 0 Å². The molecule has 0 saturated carbocycles. The zero-order valence-electron chi connectivity index (χ0n) is 10.6. The minimum Gasteiger partial charge on any atom is -0.0619 e. The van der Waals surface area contributed by atoms with Crippen LogP contribution in [0.15, 0.2) is 60.7 Å². The molecular formula is C19H14. The molecule has 0 heterocycles. The predicted octanol–water partition coefficient (Wildman–Crippen LogP) is 4.91. The van der Waals surface area contributed by atoms with Crippen LogP contribution in [0, 0.1) is 0 Å². The van der Waals surface area contributed by atoms with E-state index in [1.807, 2.05) is 0 Å². The second-order valence-corrected chi connectivity index (χ2v) is 5.11. The summed E-state index contributed by atoms with van der Waals surface area (Å²) >= 11 is 0. The molecule has 0 radical (unpaired) electrons. The van der Waals surface area contributed by atoms with Crippen molar-refractivity contribution in [3.63, 3.8) is 0 Å². The summed E-state index contributed by atoms with van der Waals surface area (Å²) in [4.78, 5) is 0. The van der Waals surface area contributed by atoms with Gasteiger partial charge in [0.1, 0.15) is 0 Å². The number of benzene rings is 3. The first-order valence-electron chi connectivity index (χ1n) is 6.68. The van der Waals surface area contributed by atoms with Gasteiger partial charge < -0.3 is 0 Å². The summed E-state index contributed by atoms with van der Waals surface area (Å²) in [7, 11) is 0. The summed E-state index contributed by atoms with van der Waals surface area (Å²) in [6.07, 6.45) is 5.49. The van der Waals surface area contributed by atoms with Crippen LogP contribution in [0.1, 0.15) is 22.3 Å². The molecule has 0 unspecified atom stereocenters. The first kappa shape index (κ1) is 10.6. The lowest BCUT2D eigenvalue weighted by molar-refractivity contribution is 1.19. The Morgan fingerprint density at radius 2 is 1.26 bits per heavy atom. The normalized spacial score (nSPS) is 12.8. The number of fused-ring (bicyclic) bond motifs is 3. The van der Waals surface area contributed by atoms with Gasteiger partial charge in [0.25, 0.3) is 0 Å². The summed E-state index contributed by atoms with van der Waals surface area (Å²) in [5, 5.41) is 2.64. The third-order valence-corrected chi connectivity index (χ3v) is 3.89. The van der Waals surface area contributed by atoms with Gasteiger partial charge in [-0.3, -0.25) is 0 Å². The average molecular weight is 242 g/mol. The van der Waals surface area contributed by atoms with Gasteiger partial charge in [-0.05, 0) is 45.5 Å². The molecule has 19 heavy (non-hydrogen) atoms. The molecule has 0 bridgehead atoms. The molecule has 1 aliphatic carbocycles. The molecule has 0 spiro atoms. The molecule has 0 aromatic heterocycles. The van der Waals surface area contributed by atoms with E-state index >= 15 is 0 Å². The molecule has 0 aliphatic heterocycles. The van der Waals surface area contributed by atoms with E-state index in [0.717, 1.165) is 6.42 Å². The van der Waals surface area contributed by atoms with E-state index < -0.39 is 0 Å². The third kappa shape index (κ3) is 1.77. The molecule has 0 fully saturated rings. The van der Waals surface area contributed by atoms with Crippen LogP contribution in [0.25, 0.3) is 22.9 Å².